The minimum absolute atomic E-state index is 0. The highest BCUT2D eigenvalue weighted by molar-refractivity contribution is 5.85. The van der Waals surface area contributed by atoms with E-state index in [0.29, 0.717) is 32.3 Å². The van der Waals surface area contributed by atoms with E-state index in [1.165, 1.54) is 0 Å². The van der Waals surface area contributed by atoms with E-state index in [2.05, 4.69) is 18.8 Å². The first-order chi connectivity index (χ1) is 18.3. The molecule has 0 saturated carbocycles. The number of aliphatic hydroxyl groups excluding tert-OH is 1. The highest BCUT2D eigenvalue weighted by Gasteiger charge is 2.12. The average Bonchev–Trinajstić information content (AvgIpc) is 2.95. The standard InChI is InChI=1S/C15H23NO2.C15H19NO2.CH4O.ClH/c2*1-3-5-10-18-13-8-6-12(7-9-13)11-14(16)15(17)4-2;1-2;/h6-9,14H,3-5,10-11,16H2,1-2H3;6-9,14H,4,10-11,16H2,1-2H3;2H,1H3;1H/t2*14-;;/m00../s1. The van der Waals surface area contributed by atoms with Gasteiger partial charge in [0, 0.05) is 20.0 Å². The molecule has 0 unspecified atom stereocenters. The quantitative estimate of drug-likeness (QED) is 0.225. The molecule has 39 heavy (non-hydrogen) atoms. The van der Waals surface area contributed by atoms with E-state index in [9.17, 15) is 9.59 Å². The molecule has 0 heterocycles. The molecule has 218 valence electrons. The molecule has 0 aliphatic heterocycles. The van der Waals surface area contributed by atoms with E-state index in [0.717, 1.165) is 49.2 Å². The number of carbonyl (C=O) groups is 2. The van der Waals surface area contributed by atoms with Crippen LogP contribution in [0.5, 0.6) is 11.5 Å². The second kappa shape index (κ2) is 24.2. The van der Waals surface area contributed by atoms with Crippen LogP contribution in [-0.4, -0.2) is 49.1 Å². The molecule has 0 radical (unpaired) electrons. The third kappa shape index (κ3) is 17.3. The van der Waals surface area contributed by atoms with Crippen LogP contribution >= 0.6 is 12.4 Å². The van der Waals surface area contributed by atoms with Crippen molar-refractivity contribution in [2.45, 2.75) is 78.3 Å². The molecule has 0 bridgehead atoms. The maximum Gasteiger partial charge on any atom is 0.149 e. The number of hydrogen-bond acceptors (Lipinski definition) is 7. The van der Waals surface area contributed by atoms with Gasteiger partial charge in [-0.1, -0.05) is 57.4 Å². The summed E-state index contributed by atoms with van der Waals surface area (Å²) in [6.07, 6.45) is 4.35. The largest absolute Gasteiger partial charge is 0.494 e. The monoisotopic (exact) mass is 562 g/mol. The maximum absolute atomic E-state index is 11.4. The Balaban J connectivity index is 0. The summed E-state index contributed by atoms with van der Waals surface area (Å²) in [4.78, 5) is 22.8. The second-order valence-electron chi connectivity index (χ2n) is 8.47. The van der Waals surface area contributed by atoms with Crippen LogP contribution < -0.4 is 20.9 Å². The third-order valence-electron chi connectivity index (χ3n) is 5.54. The lowest BCUT2D eigenvalue weighted by Gasteiger charge is -2.10. The van der Waals surface area contributed by atoms with Crippen LogP contribution in [0, 0.1) is 11.8 Å². The lowest BCUT2D eigenvalue weighted by molar-refractivity contribution is -0.120. The van der Waals surface area contributed by atoms with Gasteiger partial charge in [0.15, 0.2) is 0 Å². The molecule has 2 aromatic carbocycles. The van der Waals surface area contributed by atoms with Gasteiger partial charge in [0.25, 0.3) is 0 Å². The Morgan fingerprint density at radius 2 is 1.21 bits per heavy atom. The summed E-state index contributed by atoms with van der Waals surface area (Å²) >= 11 is 0. The molecular weight excluding hydrogens is 516 g/mol. The van der Waals surface area contributed by atoms with Gasteiger partial charge in [-0.25, -0.2) is 0 Å². The number of rotatable bonds is 14. The molecule has 2 rings (SSSR count). The molecular formula is C31H47ClN2O5. The SMILES string of the molecule is CC#CCOc1ccc(C[C@H](N)C(=O)CC)cc1.CCCCOc1ccc(C[C@H](N)C(=O)CC)cc1.CO.Cl. The molecule has 0 amide bonds. The van der Waals surface area contributed by atoms with Crippen LogP contribution in [-0.2, 0) is 22.4 Å². The van der Waals surface area contributed by atoms with Gasteiger partial charge in [-0.3, -0.25) is 9.59 Å². The zero-order chi connectivity index (χ0) is 28.8. The van der Waals surface area contributed by atoms with Crippen LogP contribution in [0.1, 0.15) is 64.5 Å². The van der Waals surface area contributed by atoms with Crippen molar-refractivity contribution in [3.63, 3.8) is 0 Å². The Hall–Kier alpha value is -2.89. The number of benzene rings is 2. The van der Waals surface area contributed by atoms with Gasteiger partial charge in [-0.05, 0) is 61.6 Å². The van der Waals surface area contributed by atoms with Crippen molar-refractivity contribution in [2.75, 3.05) is 20.3 Å². The normalized spacial score (nSPS) is 11.0. The van der Waals surface area contributed by atoms with E-state index >= 15 is 0 Å². The van der Waals surface area contributed by atoms with Crippen molar-refractivity contribution in [1.82, 2.24) is 0 Å². The predicted octanol–water partition coefficient (Wildman–Crippen LogP) is 4.68. The summed E-state index contributed by atoms with van der Waals surface area (Å²) in [5.41, 5.74) is 13.7. The van der Waals surface area contributed by atoms with Gasteiger partial charge >= 0.3 is 0 Å². The zero-order valence-corrected chi connectivity index (χ0v) is 24.9. The lowest BCUT2D eigenvalue weighted by Crippen LogP contribution is -2.32. The van der Waals surface area contributed by atoms with E-state index in [-0.39, 0.29) is 30.0 Å². The number of halogens is 1. The first kappa shape index (κ1) is 38.3. The molecule has 2 atom stereocenters. The van der Waals surface area contributed by atoms with Crippen molar-refractivity contribution >= 4 is 24.0 Å². The van der Waals surface area contributed by atoms with Gasteiger partial charge in [0.2, 0.25) is 0 Å². The second-order valence-corrected chi connectivity index (χ2v) is 8.47. The van der Waals surface area contributed by atoms with Crippen molar-refractivity contribution in [2.24, 2.45) is 11.5 Å². The van der Waals surface area contributed by atoms with Gasteiger partial charge < -0.3 is 26.0 Å². The van der Waals surface area contributed by atoms with Crippen LogP contribution in [0.15, 0.2) is 48.5 Å². The Kier molecular flexibility index (Phi) is 23.7. The highest BCUT2D eigenvalue weighted by atomic mass is 35.5. The number of ether oxygens (including phenoxy) is 2. The Morgan fingerprint density at radius 1 is 0.795 bits per heavy atom. The molecule has 5 N–H and O–H groups in total. The number of Topliss-reactive ketones (excluding diaryl/α,β-unsaturated/α-hetero) is 2. The van der Waals surface area contributed by atoms with Crippen molar-refractivity contribution in [3.05, 3.63) is 59.7 Å². The highest BCUT2D eigenvalue weighted by Crippen LogP contribution is 2.15. The number of carbonyl (C=O) groups excluding carboxylic acids is 2. The van der Waals surface area contributed by atoms with Gasteiger partial charge in [-0.2, -0.15) is 0 Å². The molecule has 0 aliphatic carbocycles. The van der Waals surface area contributed by atoms with Crippen molar-refractivity contribution < 1.29 is 24.2 Å². The third-order valence-corrected chi connectivity index (χ3v) is 5.54. The summed E-state index contributed by atoms with van der Waals surface area (Å²) in [6, 6.07) is 14.6. The molecule has 8 heteroatoms. The number of hydrogen-bond donors (Lipinski definition) is 3. The minimum atomic E-state index is -0.410. The maximum atomic E-state index is 11.4. The average molecular weight is 563 g/mol. The van der Waals surface area contributed by atoms with E-state index < -0.39 is 6.04 Å². The summed E-state index contributed by atoms with van der Waals surface area (Å²) in [5.74, 6) is 7.45. The van der Waals surface area contributed by atoms with Gasteiger partial charge in [0.05, 0.1) is 18.7 Å². The molecule has 0 aliphatic rings. The first-order valence-electron chi connectivity index (χ1n) is 13.2. The van der Waals surface area contributed by atoms with E-state index in [4.69, 9.17) is 26.0 Å². The van der Waals surface area contributed by atoms with E-state index in [1.807, 2.05) is 62.4 Å². The Morgan fingerprint density at radius 3 is 1.56 bits per heavy atom. The fraction of sp³-hybridized carbons (Fsp3) is 0.484. The Labute approximate surface area is 241 Å². The summed E-state index contributed by atoms with van der Waals surface area (Å²) in [5, 5.41) is 7.00. The van der Waals surface area contributed by atoms with Crippen LogP contribution in [0.3, 0.4) is 0 Å². The minimum Gasteiger partial charge on any atom is -0.494 e. The molecule has 0 spiro atoms. The molecule has 0 fully saturated rings. The number of ketones is 2. The van der Waals surface area contributed by atoms with Crippen molar-refractivity contribution in [1.29, 1.82) is 0 Å². The van der Waals surface area contributed by atoms with Crippen LogP contribution in [0.2, 0.25) is 0 Å². The van der Waals surface area contributed by atoms with Crippen molar-refractivity contribution in [3.8, 4) is 23.3 Å². The van der Waals surface area contributed by atoms with E-state index in [1.54, 1.807) is 6.92 Å². The lowest BCUT2D eigenvalue weighted by atomic mass is 10.0. The first-order valence-corrected chi connectivity index (χ1v) is 13.2. The topological polar surface area (TPSA) is 125 Å². The smallest absolute Gasteiger partial charge is 0.149 e. The summed E-state index contributed by atoms with van der Waals surface area (Å²) < 4.78 is 11.0. The molecule has 2 aromatic rings. The van der Waals surface area contributed by atoms with Gasteiger partial charge in [0.1, 0.15) is 29.7 Å². The van der Waals surface area contributed by atoms with Gasteiger partial charge in [-0.15, -0.1) is 18.3 Å². The number of aliphatic hydroxyl groups is 1. The fourth-order valence-corrected chi connectivity index (χ4v) is 3.23. The molecule has 0 saturated heterocycles. The number of nitrogens with two attached hydrogens (primary N) is 2. The molecule has 7 nitrogen and oxygen atoms in total. The van der Waals surface area contributed by atoms with Crippen LogP contribution in [0.4, 0.5) is 0 Å². The summed E-state index contributed by atoms with van der Waals surface area (Å²) in [7, 11) is 1.00. The zero-order valence-electron chi connectivity index (χ0n) is 24.1. The molecule has 0 aromatic heterocycles. The summed E-state index contributed by atoms with van der Waals surface area (Å²) in [6.45, 7) is 8.73. The predicted molar refractivity (Wildman–Crippen MR) is 162 cm³/mol. The Bertz CT molecular complexity index is 969. The van der Waals surface area contributed by atoms with Crippen LogP contribution in [0.25, 0.3) is 0 Å². The fourth-order valence-electron chi connectivity index (χ4n) is 3.23. The number of unbranched alkanes of at least 4 members (excludes halogenated alkanes) is 1.